The average Bonchev–Trinajstić information content (AvgIpc) is 2.27. The summed E-state index contributed by atoms with van der Waals surface area (Å²) >= 11 is 0. The summed E-state index contributed by atoms with van der Waals surface area (Å²) in [6.45, 7) is 6.15. The zero-order chi connectivity index (χ0) is 14.1. The molecule has 2 amide bonds. The zero-order valence-corrected chi connectivity index (χ0v) is 11.5. The van der Waals surface area contributed by atoms with Gasteiger partial charge in [-0.05, 0) is 12.3 Å². The fourth-order valence-corrected chi connectivity index (χ4v) is 1.51. The molecule has 6 heteroatoms. The molecule has 0 aromatic carbocycles. The Kier molecular flexibility index (Phi) is 8.11. The highest BCUT2D eigenvalue weighted by molar-refractivity contribution is 5.76. The molecule has 0 aliphatic carbocycles. The molecule has 2 atom stereocenters. The van der Waals surface area contributed by atoms with Crippen molar-refractivity contribution in [1.29, 1.82) is 0 Å². The molecular formula is C12H24N2O4. The summed E-state index contributed by atoms with van der Waals surface area (Å²) < 4.78 is 4.96. The van der Waals surface area contributed by atoms with Crippen molar-refractivity contribution in [2.24, 2.45) is 11.8 Å². The molecule has 0 saturated carbocycles. The van der Waals surface area contributed by atoms with Crippen LogP contribution in [0.1, 0.15) is 27.2 Å². The van der Waals surface area contributed by atoms with Crippen LogP contribution in [0, 0.1) is 11.8 Å². The maximum atomic E-state index is 11.6. The molecule has 0 fully saturated rings. The second-order valence-corrected chi connectivity index (χ2v) is 4.60. The molecule has 3 N–H and O–H groups in total. The minimum Gasteiger partial charge on any atom is -0.481 e. The number of ether oxygens (including phenoxy) is 1. The highest BCUT2D eigenvalue weighted by Gasteiger charge is 2.22. The van der Waals surface area contributed by atoms with Crippen LogP contribution in [0.4, 0.5) is 4.79 Å². The van der Waals surface area contributed by atoms with E-state index in [0.29, 0.717) is 6.61 Å². The number of hydrogen-bond donors (Lipinski definition) is 3. The number of carboxylic acids is 1. The lowest BCUT2D eigenvalue weighted by molar-refractivity contribution is -0.142. The Morgan fingerprint density at radius 1 is 1.33 bits per heavy atom. The van der Waals surface area contributed by atoms with Crippen molar-refractivity contribution < 1.29 is 19.4 Å². The third-order valence-electron chi connectivity index (χ3n) is 2.80. The van der Waals surface area contributed by atoms with Gasteiger partial charge in [0.05, 0.1) is 18.6 Å². The van der Waals surface area contributed by atoms with Crippen molar-refractivity contribution in [2.75, 3.05) is 20.3 Å². The molecule has 106 valence electrons. The second kappa shape index (κ2) is 8.74. The summed E-state index contributed by atoms with van der Waals surface area (Å²) in [7, 11) is 1.57. The number of amides is 2. The second-order valence-electron chi connectivity index (χ2n) is 4.60. The van der Waals surface area contributed by atoms with Crippen molar-refractivity contribution in [1.82, 2.24) is 10.6 Å². The maximum absolute atomic E-state index is 11.6. The summed E-state index contributed by atoms with van der Waals surface area (Å²) in [6.07, 6.45) is 0.758. The summed E-state index contributed by atoms with van der Waals surface area (Å²) in [5.41, 5.74) is 0. The number of urea groups is 1. The number of nitrogens with one attached hydrogen (secondary N) is 2. The van der Waals surface area contributed by atoms with Crippen molar-refractivity contribution >= 4 is 12.0 Å². The lowest BCUT2D eigenvalue weighted by atomic mass is 9.96. The van der Waals surface area contributed by atoms with Gasteiger partial charge in [0.1, 0.15) is 0 Å². The van der Waals surface area contributed by atoms with E-state index in [1.807, 2.05) is 20.8 Å². The van der Waals surface area contributed by atoms with E-state index in [-0.39, 0.29) is 24.5 Å². The largest absolute Gasteiger partial charge is 0.481 e. The monoisotopic (exact) mass is 260 g/mol. The molecule has 0 spiro atoms. The standard InChI is InChI=1S/C12H24N2O4/c1-5-9(7-18-4)14-12(17)13-6-10(8(2)3)11(15)16/h8-10H,5-7H2,1-4H3,(H,15,16)(H2,13,14,17). The van der Waals surface area contributed by atoms with E-state index in [9.17, 15) is 9.59 Å². The lowest BCUT2D eigenvalue weighted by Gasteiger charge is -2.19. The number of methoxy groups -OCH3 is 1. The minimum atomic E-state index is -0.894. The first kappa shape index (κ1) is 16.7. The van der Waals surface area contributed by atoms with Gasteiger partial charge in [0.2, 0.25) is 0 Å². The smallest absolute Gasteiger partial charge is 0.315 e. The van der Waals surface area contributed by atoms with Gasteiger partial charge in [0.15, 0.2) is 0 Å². The predicted octanol–water partition coefficient (Wildman–Crippen LogP) is 1.07. The van der Waals surface area contributed by atoms with Gasteiger partial charge in [0, 0.05) is 13.7 Å². The molecule has 0 aliphatic rings. The van der Waals surface area contributed by atoms with Crippen molar-refractivity contribution in [3.05, 3.63) is 0 Å². The summed E-state index contributed by atoms with van der Waals surface area (Å²) in [5.74, 6) is -1.49. The molecule has 0 rings (SSSR count). The Morgan fingerprint density at radius 2 is 1.94 bits per heavy atom. The highest BCUT2D eigenvalue weighted by atomic mass is 16.5. The number of carbonyl (C=O) groups is 2. The first-order chi connectivity index (χ1) is 8.42. The van der Waals surface area contributed by atoms with Crippen LogP contribution < -0.4 is 10.6 Å². The Labute approximate surface area is 108 Å². The Hall–Kier alpha value is -1.30. The summed E-state index contributed by atoms with van der Waals surface area (Å²) in [5, 5.41) is 14.3. The number of rotatable bonds is 8. The van der Waals surface area contributed by atoms with Crippen LogP contribution in [0.3, 0.4) is 0 Å². The first-order valence-electron chi connectivity index (χ1n) is 6.18. The third-order valence-corrected chi connectivity index (χ3v) is 2.80. The molecule has 0 aliphatic heterocycles. The van der Waals surface area contributed by atoms with E-state index < -0.39 is 11.9 Å². The lowest BCUT2D eigenvalue weighted by Crippen LogP contribution is -2.46. The number of carbonyl (C=O) groups excluding carboxylic acids is 1. The molecule has 0 heterocycles. The van der Waals surface area contributed by atoms with Crippen LogP contribution in [0.25, 0.3) is 0 Å². The van der Waals surface area contributed by atoms with Crippen LogP contribution in [0.15, 0.2) is 0 Å². The average molecular weight is 260 g/mol. The van der Waals surface area contributed by atoms with Gasteiger partial charge in [-0.2, -0.15) is 0 Å². The summed E-state index contributed by atoms with van der Waals surface area (Å²) in [6, 6.07) is -0.414. The molecule has 2 unspecified atom stereocenters. The van der Waals surface area contributed by atoms with E-state index in [1.165, 1.54) is 0 Å². The molecular weight excluding hydrogens is 236 g/mol. The van der Waals surface area contributed by atoms with Crippen LogP contribution in [-0.4, -0.2) is 43.4 Å². The predicted molar refractivity (Wildman–Crippen MR) is 68.5 cm³/mol. The summed E-state index contributed by atoms with van der Waals surface area (Å²) in [4.78, 5) is 22.5. The van der Waals surface area contributed by atoms with E-state index in [4.69, 9.17) is 9.84 Å². The molecule has 6 nitrogen and oxygen atoms in total. The fraction of sp³-hybridized carbons (Fsp3) is 0.833. The molecule has 0 bridgehead atoms. The zero-order valence-electron chi connectivity index (χ0n) is 11.5. The minimum absolute atomic E-state index is 0.0243. The topological polar surface area (TPSA) is 87.7 Å². The molecule has 0 radical (unpaired) electrons. The SMILES string of the molecule is CCC(COC)NC(=O)NCC(C(=O)O)C(C)C. The van der Waals surface area contributed by atoms with Gasteiger partial charge in [-0.1, -0.05) is 20.8 Å². The first-order valence-corrected chi connectivity index (χ1v) is 6.18. The van der Waals surface area contributed by atoms with Gasteiger partial charge in [-0.3, -0.25) is 4.79 Å². The molecule has 0 aromatic heterocycles. The van der Waals surface area contributed by atoms with Crippen LogP contribution in [-0.2, 0) is 9.53 Å². The van der Waals surface area contributed by atoms with Gasteiger partial charge in [0.25, 0.3) is 0 Å². The highest BCUT2D eigenvalue weighted by Crippen LogP contribution is 2.09. The van der Waals surface area contributed by atoms with E-state index in [2.05, 4.69) is 10.6 Å². The Morgan fingerprint density at radius 3 is 2.33 bits per heavy atom. The van der Waals surface area contributed by atoms with Crippen LogP contribution >= 0.6 is 0 Å². The van der Waals surface area contributed by atoms with E-state index in [0.717, 1.165) is 6.42 Å². The van der Waals surface area contributed by atoms with Crippen molar-refractivity contribution in [3.8, 4) is 0 Å². The van der Waals surface area contributed by atoms with Crippen molar-refractivity contribution in [2.45, 2.75) is 33.2 Å². The van der Waals surface area contributed by atoms with Crippen LogP contribution in [0.2, 0.25) is 0 Å². The molecule has 18 heavy (non-hydrogen) atoms. The number of carboxylic acid groups (broad SMARTS) is 1. The normalized spacial score (nSPS) is 14.1. The Balaban J connectivity index is 4.11. The Bertz CT molecular complexity index is 269. The van der Waals surface area contributed by atoms with Gasteiger partial charge >= 0.3 is 12.0 Å². The number of hydrogen-bond acceptors (Lipinski definition) is 3. The van der Waals surface area contributed by atoms with Gasteiger partial charge in [-0.15, -0.1) is 0 Å². The van der Waals surface area contributed by atoms with Crippen LogP contribution in [0.5, 0.6) is 0 Å². The molecule has 0 saturated heterocycles. The van der Waals surface area contributed by atoms with Gasteiger partial charge in [-0.25, -0.2) is 4.79 Å². The van der Waals surface area contributed by atoms with Gasteiger partial charge < -0.3 is 20.5 Å². The fourth-order valence-electron chi connectivity index (χ4n) is 1.51. The third kappa shape index (κ3) is 6.44. The quantitative estimate of drug-likeness (QED) is 0.609. The van der Waals surface area contributed by atoms with Crippen molar-refractivity contribution in [3.63, 3.8) is 0 Å². The van der Waals surface area contributed by atoms with E-state index >= 15 is 0 Å². The maximum Gasteiger partial charge on any atom is 0.315 e. The molecule has 0 aromatic rings. The van der Waals surface area contributed by atoms with E-state index in [1.54, 1.807) is 7.11 Å². The number of aliphatic carboxylic acids is 1.